The number of carbonyl (C=O) groups is 2. The Kier molecular flexibility index (Phi) is 7.71. The molecular weight excluding hydrogens is 354 g/mol. The standard InChI is InChI=1S/C22H33N3O3/c1-28-20-6-2-18(3-7-20)4-8-21(26)24-14-16-25(17-15-24)22(27)9-5-19-10-12-23-13-11-19/h2-3,6-7,19,23H,4-5,8-17H2,1H3. The van der Waals surface area contributed by atoms with E-state index in [1.807, 2.05) is 34.1 Å². The highest BCUT2D eigenvalue weighted by molar-refractivity contribution is 5.78. The van der Waals surface area contributed by atoms with Gasteiger partial charge in [-0.1, -0.05) is 12.1 Å². The molecule has 0 aliphatic carbocycles. The monoisotopic (exact) mass is 387 g/mol. The summed E-state index contributed by atoms with van der Waals surface area (Å²) in [4.78, 5) is 28.8. The maximum Gasteiger partial charge on any atom is 0.223 e. The number of methoxy groups -OCH3 is 1. The van der Waals surface area contributed by atoms with E-state index in [9.17, 15) is 9.59 Å². The average Bonchev–Trinajstić information content (AvgIpc) is 2.77. The van der Waals surface area contributed by atoms with E-state index >= 15 is 0 Å². The Balaban J connectivity index is 1.35. The molecule has 0 spiro atoms. The highest BCUT2D eigenvalue weighted by Gasteiger charge is 2.24. The third-order valence-corrected chi connectivity index (χ3v) is 6.00. The minimum Gasteiger partial charge on any atom is -0.497 e. The number of piperidine rings is 1. The molecule has 154 valence electrons. The van der Waals surface area contributed by atoms with Crippen LogP contribution in [0.5, 0.6) is 5.75 Å². The molecule has 28 heavy (non-hydrogen) atoms. The van der Waals surface area contributed by atoms with Gasteiger partial charge in [0.1, 0.15) is 5.75 Å². The lowest BCUT2D eigenvalue weighted by molar-refractivity contribution is -0.139. The molecule has 0 radical (unpaired) electrons. The zero-order chi connectivity index (χ0) is 19.8. The normalized spacial score (nSPS) is 18.2. The highest BCUT2D eigenvalue weighted by Crippen LogP contribution is 2.19. The number of hydrogen-bond donors (Lipinski definition) is 1. The largest absolute Gasteiger partial charge is 0.497 e. The number of hydrogen-bond acceptors (Lipinski definition) is 4. The Bertz CT molecular complexity index is 633. The molecule has 6 heteroatoms. The molecular formula is C22H33N3O3. The molecule has 2 fully saturated rings. The Morgan fingerprint density at radius 2 is 1.54 bits per heavy atom. The van der Waals surface area contributed by atoms with Crippen molar-refractivity contribution < 1.29 is 14.3 Å². The molecule has 6 nitrogen and oxygen atoms in total. The highest BCUT2D eigenvalue weighted by atomic mass is 16.5. The quantitative estimate of drug-likeness (QED) is 0.778. The number of ether oxygens (including phenoxy) is 1. The summed E-state index contributed by atoms with van der Waals surface area (Å²) in [5, 5.41) is 3.37. The van der Waals surface area contributed by atoms with Crippen LogP contribution in [-0.4, -0.2) is 68.0 Å². The Morgan fingerprint density at radius 1 is 0.964 bits per heavy atom. The summed E-state index contributed by atoms with van der Waals surface area (Å²) < 4.78 is 5.16. The number of piperazine rings is 1. The first-order valence-electron chi connectivity index (χ1n) is 10.5. The first-order valence-corrected chi connectivity index (χ1v) is 10.5. The van der Waals surface area contributed by atoms with Gasteiger partial charge in [0.15, 0.2) is 0 Å². The number of nitrogens with zero attached hydrogens (tertiary/aromatic N) is 2. The molecule has 0 atom stereocenters. The molecule has 1 N–H and O–H groups in total. The number of aryl methyl sites for hydroxylation is 1. The van der Waals surface area contributed by atoms with Gasteiger partial charge in [-0.2, -0.15) is 0 Å². The lowest BCUT2D eigenvalue weighted by Crippen LogP contribution is -2.50. The second-order valence-corrected chi connectivity index (χ2v) is 7.84. The molecule has 2 amide bonds. The van der Waals surface area contributed by atoms with Crippen LogP contribution >= 0.6 is 0 Å². The summed E-state index contributed by atoms with van der Waals surface area (Å²) >= 11 is 0. The van der Waals surface area contributed by atoms with Crippen molar-refractivity contribution in [1.82, 2.24) is 15.1 Å². The summed E-state index contributed by atoms with van der Waals surface area (Å²) in [5.41, 5.74) is 1.14. The molecule has 2 heterocycles. The fraction of sp³-hybridized carbons (Fsp3) is 0.636. The lowest BCUT2D eigenvalue weighted by atomic mass is 9.93. The van der Waals surface area contributed by atoms with Crippen LogP contribution in [0.25, 0.3) is 0 Å². The summed E-state index contributed by atoms with van der Waals surface area (Å²) in [6, 6.07) is 7.86. The van der Waals surface area contributed by atoms with Crippen molar-refractivity contribution in [2.75, 3.05) is 46.4 Å². The van der Waals surface area contributed by atoms with Gasteiger partial charge < -0.3 is 19.9 Å². The van der Waals surface area contributed by atoms with Crippen LogP contribution in [0.2, 0.25) is 0 Å². The fourth-order valence-corrected chi connectivity index (χ4v) is 4.06. The van der Waals surface area contributed by atoms with Crippen LogP contribution in [0.1, 0.15) is 37.7 Å². The molecule has 0 unspecified atom stereocenters. The van der Waals surface area contributed by atoms with Crippen LogP contribution in [0.3, 0.4) is 0 Å². The van der Waals surface area contributed by atoms with Gasteiger partial charge in [0.2, 0.25) is 11.8 Å². The van der Waals surface area contributed by atoms with Crippen LogP contribution in [0.15, 0.2) is 24.3 Å². The van der Waals surface area contributed by atoms with Crippen molar-refractivity contribution >= 4 is 11.8 Å². The molecule has 2 aliphatic heterocycles. The number of amides is 2. The Morgan fingerprint density at radius 3 is 2.11 bits per heavy atom. The number of carbonyl (C=O) groups excluding carboxylic acids is 2. The molecule has 3 rings (SSSR count). The minimum atomic E-state index is 0.178. The maximum absolute atomic E-state index is 12.5. The minimum absolute atomic E-state index is 0.178. The second-order valence-electron chi connectivity index (χ2n) is 7.84. The van der Waals surface area contributed by atoms with Crippen molar-refractivity contribution in [3.8, 4) is 5.75 Å². The van der Waals surface area contributed by atoms with E-state index < -0.39 is 0 Å². The van der Waals surface area contributed by atoms with Gasteiger partial charge in [-0.15, -0.1) is 0 Å². The van der Waals surface area contributed by atoms with E-state index in [0.29, 0.717) is 44.9 Å². The zero-order valence-electron chi connectivity index (χ0n) is 17.0. The number of nitrogens with one attached hydrogen (secondary N) is 1. The van der Waals surface area contributed by atoms with Gasteiger partial charge in [-0.3, -0.25) is 9.59 Å². The van der Waals surface area contributed by atoms with E-state index in [1.165, 1.54) is 12.8 Å². The summed E-state index contributed by atoms with van der Waals surface area (Å²) in [6.45, 7) is 4.80. The second kappa shape index (κ2) is 10.5. The number of benzene rings is 1. The summed E-state index contributed by atoms with van der Waals surface area (Å²) in [6.07, 6.45) is 5.26. The van der Waals surface area contributed by atoms with Gasteiger partial charge in [0, 0.05) is 39.0 Å². The molecule has 0 saturated carbocycles. The molecule has 1 aromatic rings. The topological polar surface area (TPSA) is 61.9 Å². The van der Waals surface area contributed by atoms with Crippen molar-refractivity contribution in [3.63, 3.8) is 0 Å². The van der Waals surface area contributed by atoms with E-state index in [0.717, 1.165) is 37.2 Å². The predicted octanol–water partition coefficient (Wildman–Crippen LogP) is 2.08. The van der Waals surface area contributed by atoms with Gasteiger partial charge >= 0.3 is 0 Å². The smallest absolute Gasteiger partial charge is 0.223 e. The van der Waals surface area contributed by atoms with Crippen molar-refractivity contribution in [2.24, 2.45) is 5.92 Å². The maximum atomic E-state index is 12.5. The first-order chi connectivity index (χ1) is 13.7. The van der Waals surface area contributed by atoms with Gasteiger partial charge in [0.25, 0.3) is 0 Å². The zero-order valence-corrected chi connectivity index (χ0v) is 17.0. The van der Waals surface area contributed by atoms with E-state index in [-0.39, 0.29) is 11.8 Å². The van der Waals surface area contributed by atoms with E-state index in [1.54, 1.807) is 7.11 Å². The SMILES string of the molecule is COc1ccc(CCC(=O)N2CCN(C(=O)CCC3CCNCC3)CC2)cc1. The third-order valence-electron chi connectivity index (χ3n) is 6.00. The molecule has 2 aliphatic rings. The third kappa shape index (κ3) is 5.96. The summed E-state index contributed by atoms with van der Waals surface area (Å²) in [7, 11) is 1.65. The van der Waals surface area contributed by atoms with Crippen molar-refractivity contribution in [1.29, 1.82) is 0 Å². The van der Waals surface area contributed by atoms with Gasteiger partial charge in [-0.05, 0) is 62.4 Å². The summed E-state index contributed by atoms with van der Waals surface area (Å²) in [5.74, 6) is 1.95. The Hall–Kier alpha value is -2.08. The average molecular weight is 388 g/mol. The predicted molar refractivity (Wildman–Crippen MR) is 109 cm³/mol. The van der Waals surface area contributed by atoms with Crippen LogP contribution in [0.4, 0.5) is 0 Å². The number of rotatable bonds is 7. The fourth-order valence-electron chi connectivity index (χ4n) is 4.06. The molecule has 1 aromatic carbocycles. The molecule has 0 bridgehead atoms. The van der Waals surface area contributed by atoms with Crippen molar-refractivity contribution in [3.05, 3.63) is 29.8 Å². The van der Waals surface area contributed by atoms with Crippen LogP contribution < -0.4 is 10.1 Å². The van der Waals surface area contributed by atoms with Gasteiger partial charge in [0.05, 0.1) is 7.11 Å². The van der Waals surface area contributed by atoms with Crippen molar-refractivity contribution in [2.45, 2.75) is 38.5 Å². The van der Waals surface area contributed by atoms with Crippen LogP contribution in [-0.2, 0) is 16.0 Å². The lowest BCUT2D eigenvalue weighted by Gasteiger charge is -2.35. The van der Waals surface area contributed by atoms with E-state index in [4.69, 9.17) is 4.74 Å². The van der Waals surface area contributed by atoms with Gasteiger partial charge in [-0.25, -0.2) is 0 Å². The first kappa shape index (κ1) is 20.6. The molecule has 0 aromatic heterocycles. The van der Waals surface area contributed by atoms with E-state index in [2.05, 4.69) is 5.32 Å². The van der Waals surface area contributed by atoms with Crippen LogP contribution in [0, 0.1) is 5.92 Å². The molecule has 2 saturated heterocycles. The Labute approximate surface area is 168 Å².